The summed E-state index contributed by atoms with van der Waals surface area (Å²) in [6, 6.07) is 15.3. The topological polar surface area (TPSA) is 35.0 Å². The molecule has 2 bridgehead atoms. The number of hydrogen-bond acceptors (Lipinski definition) is 4. The van der Waals surface area contributed by atoms with Crippen LogP contribution in [0, 0.1) is 0 Å². The summed E-state index contributed by atoms with van der Waals surface area (Å²) in [7, 11) is 0. The zero-order valence-electron chi connectivity index (χ0n) is 13.5. The van der Waals surface area contributed by atoms with Gasteiger partial charge in [0.05, 0.1) is 10.9 Å². The summed E-state index contributed by atoms with van der Waals surface area (Å²) < 4.78 is 5.79. The molecule has 3 aromatic rings. The first-order chi connectivity index (χ1) is 12.3. The Kier molecular flexibility index (Phi) is 4.36. The Labute approximate surface area is 151 Å². The van der Waals surface area contributed by atoms with Gasteiger partial charge in [-0.3, -0.25) is 0 Å². The van der Waals surface area contributed by atoms with Gasteiger partial charge in [0.2, 0.25) is 5.88 Å². The average Bonchev–Trinajstić information content (AvgIpc) is 3.30. The van der Waals surface area contributed by atoms with Gasteiger partial charge in [0.25, 0.3) is 0 Å². The average molecular weight is 344 g/mol. The molecule has 0 atom stereocenters. The Hall–Kier alpha value is -2.85. The first-order valence-corrected chi connectivity index (χ1v) is 8.48. The molecule has 1 heterocycles. The minimum absolute atomic E-state index is 0.544. The molecule has 0 radical (unpaired) electrons. The molecule has 122 valence electrons. The molecule has 4 heteroatoms. The number of nitrogens with zero attached hydrogens (tertiary/aromatic N) is 2. The summed E-state index contributed by atoms with van der Waals surface area (Å²) >= 11 is 4.35. The third kappa shape index (κ3) is 3.49. The van der Waals surface area contributed by atoms with Crippen LogP contribution in [0.5, 0.6) is 11.6 Å². The number of thiol groups is 1. The van der Waals surface area contributed by atoms with Crippen molar-refractivity contribution in [3.63, 3.8) is 0 Å². The van der Waals surface area contributed by atoms with E-state index in [1.54, 1.807) is 0 Å². The SMILES string of the molecule is C1=CC2=CC=C1C2.Sc1ccccc1Oc1ncnc2ccccc12. The van der Waals surface area contributed by atoms with E-state index in [2.05, 4.69) is 46.9 Å². The van der Waals surface area contributed by atoms with E-state index in [9.17, 15) is 0 Å². The molecule has 3 nitrogen and oxygen atoms in total. The number of benzene rings is 2. The van der Waals surface area contributed by atoms with Crippen molar-refractivity contribution < 1.29 is 4.74 Å². The third-order valence-electron chi connectivity index (χ3n) is 4.01. The van der Waals surface area contributed by atoms with Gasteiger partial charge in [-0.2, -0.15) is 0 Å². The van der Waals surface area contributed by atoms with Gasteiger partial charge < -0.3 is 4.74 Å². The first-order valence-electron chi connectivity index (χ1n) is 8.03. The van der Waals surface area contributed by atoms with Crippen LogP contribution in [0.3, 0.4) is 0 Å². The molecule has 2 aliphatic carbocycles. The number of fused-ring (bicyclic) bond motifs is 3. The summed E-state index contributed by atoms with van der Waals surface area (Å²) in [5.41, 5.74) is 3.80. The maximum absolute atomic E-state index is 5.79. The zero-order chi connectivity index (χ0) is 17.1. The molecule has 0 saturated heterocycles. The van der Waals surface area contributed by atoms with E-state index < -0.39 is 0 Å². The maximum Gasteiger partial charge on any atom is 0.230 e. The van der Waals surface area contributed by atoms with E-state index in [-0.39, 0.29) is 0 Å². The third-order valence-corrected chi connectivity index (χ3v) is 4.38. The predicted octanol–water partition coefficient (Wildman–Crippen LogP) is 5.52. The number of allylic oxidation sites excluding steroid dienone is 6. The Bertz CT molecular complexity index is 996. The van der Waals surface area contributed by atoms with Crippen molar-refractivity contribution in [1.82, 2.24) is 9.97 Å². The van der Waals surface area contributed by atoms with Crippen LogP contribution in [0.1, 0.15) is 6.42 Å². The van der Waals surface area contributed by atoms with Gasteiger partial charge in [-0.15, -0.1) is 12.6 Å². The lowest BCUT2D eigenvalue weighted by Crippen LogP contribution is -1.91. The predicted molar refractivity (Wildman–Crippen MR) is 103 cm³/mol. The van der Waals surface area contributed by atoms with E-state index in [0.29, 0.717) is 11.6 Å². The number of para-hydroxylation sites is 2. The van der Waals surface area contributed by atoms with Gasteiger partial charge in [-0.1, -0.05) is 48.6 Å². The number of ether oxygens (including phenoxy) is 1. The number of rotatable bonds is 2. The first kappa shape index (κ1) is 15.7. The quantitative estimate of drug-likeness (QED) is 0.621. The molecule has 5 rings (SSSR count). The second-order valence-corrected chi connectivity index (χ2v) is 6.24. The molecule has 0 N–H and O–H groups in total. The summed E-state index contributed by atoms with van der Waals surface area (Å²) in [6.07, 6.45) is 11.4. The van der Waals surface area contributed by atoms with Crippen LogP contribution >= 0.6 is 12.6 Å². The Morgan fingerprint density at radius 3 is 2.24 bits per heavy atom. The zero-order valence-corrected chi connectivity index (χ0v) is 14.4. The Morgan fingerprint density at radius 1 is 0.840 bits per heavy atom. The standard InChI is InChI=1S/C14H10N2OS.C7H6/c18-13-8-4-3-7-12(13)17-14-10-5-1-2-6-11(10)15-9-16-14;1-2-7-4-3-6(1)5-7/h1-9,18H;1-4H,5H2. The van der Waals surface area contributed by atoms with Crippen LogP contribution in [0.25, 0.3) is 10.9 Å². The van der Waals surface area contributed by atoms with Gasteiger partial charge in [-0.05, 0) is 41.8 Å². The van der Waals surface area contributed by atoms with E-state index in [0.717, 1.165) is 15.8 Å². The highest BCUT2D eigenvalue weighted by atomic mass is 32.1. The van der Waals surface area contributed by atoms with Crippen molar-refractivity contribution in [1.29, 1.82) is 0 Å². The summed E-state index contributed by atoms with van der Waals surface area (Å²) in [4.78, 5) is 9.15. The monoisotopic (exact) mass is 344 g/mol. The molecule has 2 aliphatic rings. The van der Waals surface area contributed by atoms with Gasteiger partial charge in [-0.25, -0.2) is 9.97 Å². The van der Waals surface area contributed by atoms with Crippen LogP contribution in [0.2, 0.25) is 0 Å². The van der Waals surface area contributed by atoms with Crippen LogP contribution in [-0.4, -0.2) is 9.97 Å². The van der Waals surface area contributed by atoms with E-state index in [1.165, 1.54) is 23.9 Å². The highest BCUT2D eigenvalue weighted by molar-refractivity contribution is 7.80. The second-order valence-electron chi connectivity index (χ2n) is 5.76. The summed E-state index contributed by atoms with van der Waals surface area (Å²) in [5, 5.41) is 0.886. The normalized spacial score (nSPS) is 14.0. The Balaban J connectivity index is 0.000000185. The van der Waals surface area contributed by atoms with Gasteiger partial charge >= 0.3 is 0 Å². The minimum atomic E-state index is 0.544. The molecular weight excluding hydrogens is 328 g/mol. The molecular formula is C21H16N2OS. The molecule has 0 amide bonds. The second kappa shape index (κ2) is 6.95. The summed E-state index contributed by atoms with van der Waals surface area (Å²) in [5.74, 6) is 1.23. The Morgan fingerprint density at radius 2 is 1.56 bits per heavy atom. The molecule has 1 aromatic heterocycles. The highest BCUT2D eigenvalue weighted by Crippen LogP contribution is 2.30. The van der Waals surface area contributed by atoms with Crippen molar-refractivity contribution in [2.24, 2.45) is 0 Å². The lowest BCUT2D eigenvalue weighted by Gasteiger charge is -2.08. The fourth-order valence-corrected chi connectivity index (χ4v) is 2.93. The largest absolute Gasteiger partial charge is 0.437 e. The molecule has 0 aliphatic heterocycles. The molecule has 0 fully saturated rings. The van der Waals surface area contributed by atoms with Crippen molar-refractivity contribution in [2.75, 3.05) is 0 Å². The number of hydrogen-bond donors (Lipinski definition) is 1. The molecule has 0 unspecified atom stereocenters. The van der Waals surface area contributed by atoms with Crippen LogP contribution in [0.4, 0.5) is 0 Å². The lowest BCUT2D eigenvalue weighted by atomic mass is 10.2. The smallest absolute Gasteiger partial charge is 0.230 e. The van der Waals surface area contributed by atoms with Crippen LogP contribution in [0.15, 0.2) is 95.2 Å². The van der Waals surface area contributed by atoms with E-state index in [4.69, 9.17) is 4.74 Å². The van der Waals surface area contributed by atoms with Gasteiger partial charge in [0.1, 0.15) is 12.1 Å². The van der Waals surface area contributed by atoms with Gasteiger partial charge in [0.15, 0.2) is 0 Å². The van der Waals surface area contributed by atoms with Crippen molar-refractivity contribution in [3.8, 4) is 11.6 Å². The fourth-order valence-electron chi connectivity index (χ4n) is 2.72. The highest BCUT2D eigenvalue weighted by Gasteiger charge is 2.08. The van der Waals surface area contributed by atoms with Crippen molar-refractivity contribution in [2.45, 2.75) is 11.3 Å². The van der Waals surface area contributed by atoms with Crippen LogP contribution in [-0.2, 0) is 0 Å². The molecule has 2 aromatic carbocycles. The molecule has 25 heavy (non-hydrogen) atoms. The van der Waals surface area contributed by atoms with Crippen molar-refractivity contribution >= 4 is 23.5 Å². The minimum Gasteiger partial charge on any atom is -0.437 e. The van der Waals surface area contributed by atoms with E-state index >= 15 is 0 Å². The van der Waals surface area contributed by atoms with Crippen molar-refractivity contribution in [3.05, 3.63) is 90.3 Å². The van der Waals surface area contributed by atoms with Gasteiger partial charge in [0, 0.05) is 4.90 Å². The fraction of sp³-hybridized carbons (Fsp3) is 0.0476. The summed E-state index contributed by atoms with van der Waals surface area (Å²) in [6.45, 7) is 0. The maximum atomic E-state index is 5.79. The van der Waals surface area contributed by atoms with E-state index in [1.807, 2.05) is 48.5 Å². The van der Waals surface area contributed by atoms with Crippen LogP contribution < -0.4 is 4.74 Å². The molecule has 0 spiro atoms. The lowest BCUT2D eigenvalue weighted by molar-refractivity contribution is 0.457. The molecule has 0 saturated carbocycles. The number of aromatic nitrogens is 2.